The van der Waals surface area contributed by atoms with E-state index >= 15 is 0 Å². The first-order chi connectivity index (χ1) is 14.7. The Balaban J connectivity index is 1.84. The number of carbonyl (C=O) groups excluding carboxylic acids is 2. The number of methoxy groups -OCH3 is 1. The van der Waals surface area contributed by atoms with Crippen molar-refractivity contribution < 1.29 is 27.5 Å². The van der Waals surface area contributed by atoms with Crippen LogP contribution in [-0.2, 0) is 11.0 Å². The Kier molecular flexibility index (Phi) is 6.55. The van der Waals surface area contributed by atoms with Crippen molar-refractivity contribution in [2.45, 2.75) is 13.1 Å². The van der Waals surface area contributed by atoms with Crippen LogP contribution in [0.5, 0.6) is 5.75 Å². The molecule has 9 heteroatoms. The maximum atomic E-state index is 13.1. The summed E-state index contributed by atoms with van der Waals surface area (Å²) in [5.41, 5.74) is -0.512. The van der Waals surface area contributed by atoms with Crippen molar-refractivity contribution in [3.05, 3.63) is 76.8 Å². The van der Waals surface area contributed by atoms with Crippen molar-refractivity contribution >= 4 is 39.9 Å². The van der Waals surface area contributed by atoms with Crippen molar-refractivity contribution in [2.75, 3.05) is 12.0 Å². The van der Waals surface area contributed by atoms with E-state index in [9.17, 15) is 22.8 Å². The summed E-state index contributed by atoms with van der Waals surface area (Å²) < 4.78 is 44.5. The fraction of sp³-hybridized carbons (Fsp3) is 0.136. The lowest BCUT2D eigenvalue weighted by Gasteiger charge is -2.18. The van der Waals surface area contributed by atoms with Gasteiger partial charge in [0.2, 0.25) is 5.91 Å². The Morgan fingerprint density at radius 3 is 2.39 bits per heavy atom. The highest BCUT2D eigenvalue weighted by Gasteiger charge is 2.34. The maximum absolute atomic E-state index is 13.1. The van der Waals surface area contributed by atoms with E-state index in [-0.39, 0.29) is 5.91 Å². The summed E-state index contributed by atoms with van der Waals surface area (Å²) in [6.45, 7) is 1.39. The topological polar surface area (TPSA) is 59.5 Å². The lowest BCUT2D eigenvalue weighted by atomic mass is 10.0. The van der Waals surface area contributed by atoms with E-state index in [0.29, 0.717) is 22.3 Å². The fourth-order valence-corrected chi connectivity index (χ4v) is 3.66. The first-order valence-electron chi connectivity index (χ1n) is 8.99. The second kappa shape index (κ2) is 9.13. The van der Waals surface area contributed by atoms with Gasteiger partial charge in [0.15, 0.2) is 10.9 Å². The minimum absolute atomic E-state index is 0.273. The van der Waals surface area contributed by atoms with Gasteiger partial charge in [-0.3, -0.25) is 14.5 Å². The Morgan fingerprint density at radius 2 is 1.77 bits per heavy atom. The van der Waals surface area contributed by atoms with Crippen LogP contribution >= 0.6 is 11.3 Å². The van der Waals surface area contributed by atoms with Gasteiger partial charge in [-0.05, 0) is 42.5 Å². The zero-order valence-corrected chi connectivity index (χ0v) is 17.3. The Morgan fingerprint density at radius 1 is 1.10 bits per heavy atom. The van der Waals surface area contributed by atoms with E-state index in [4.69, 9.17) is 4.74 Å². The SMILES string of the molecule is COc1ccc(N(C(C)=O)c2nc(/C=C/C(=O)c3ccccc3C(F)(F)F)cs2)cc1. The highest BCUT2D eigenvalue weighted by atomic mass is 32.1. The summed E-state index contributed by atoms with van der Waals surface area (Å²) in [5.74, 6) is -0.432. The molecule has 3 aromatic rings. The molecule has 5 nitrogen and oxygen atoms in total. The molecule has 0 saturated carbocycles. The third kappa shape index (κ3) is 5.18. The standard InChI is InChI=1S/C22H17F3N2O3S/c1-14(28)27(16-8-10-17(30-2)11-9-16)21-26-15(13-31-21)7-12-20(29)18-5-3-4-6-19(18)22(23,24)25/h3-13H,1-2H3/b12-7+. The first-order valence-corrected chi connectivity index (χ1v) is 9.87. The maximum Gasteiger partial charge on any atom is 0.417 e. The van der Waals surface area contributed by atoms with Crippen LogP contribution in [0.1, 0.15) is 28.5 Å². The third-order valence-electron chi connectivity index (χ3n) is 4.25. The van der Waals surface area contributed by atoms with Gasteiger partial charge >= 0.3 is 6.18 Å². The van der Waals surface area contributed by atoms with Crippen molar-refractivity contribution in [1.82, 2.24) is 4.98 Å². The molecule has 0 spiro atoms. The number of halogens is 3. The molecule has 0 aliphatic heterocycles. The molecule has 0 saturated heterocycles. The van der Waals surface area contributed by atoms with Gasteiger partial charge in [-0.1, -0.05) is 18.2 Å². The molecule has 0 fully saturated rings. The minimum Gasteiger partial charge on any atom is -0.497 e. The van der Waals surface area contributed by atoms with Crippen LogP contribution in [0, 0.1) is 0 Å². The number of ketones is 1. The Bertz CT molecular complexity index is 1120. The molecular formula is C22H17F3N2O3S. The number of hydrogen-bond acceptors (Lipinski definition) is 5. The monoisotopic (exact) mass is 446 g/mol. The lowest BCUT2D eigenvalue weighted by Crippen LogP contribution is -2.22. The first kappa shape index (κ1) is 22.2. The van der Waals surface area contributed by atoms with Crippen molar-refractivity contribution in [3.63, 3.8) is 0 Å². The van der Waals surface area contributed by atoms with Gasteiger partial charge in [0.1, 0.15) is 5.75 Å². The predicted molar refractivity (Wildman–Crippen MR) is 113 cm³/mol. The lowest BCUT2D eigenvalue weighted by molar-refractivity contribution is -0.137. The van der Waals surface area contributed by atoms with Gasteiger partial charge in [0.05, 0.1) is 24.1 Å². The number of allylic oxidation sites excluding steroid dienone is 1. The number of nitrogens with zero attached hydrogens (tertiary/aromatic N) is 2. The van der Waals surface area contributed by atoms with E-state index < -0.39 is 23.1 Å². The number of amides is 1. The zero-order valence-electron chi connectivity index (χ0n) is 16.5. The second-order valence-electron chi connectivity index (χ2n) is 6.35. The molecule has 0 unspecified atom stereocenters. The molecule has 0 radical (unpaired) electrons. The van der Waals surface area contributed by atoms with E-state index in [0.717, 1.165) is 18.2 Å². The van der Waals surface area contributed by atoms with Gasteiger partial charge in [-0.2, -0.15) is 13.2 Å². The molecule has 0 aliphatic carbocycles. The number of ether oxygens (including phenoxy) is 1. The Hall–Kier alpha value is -3.46. The smallest absolute Gasteiger partial charge is 0.417 e. The van der Waals surface area contributed by atoms with Gasteiger partial charge in [-0.25, -0.2) is 4.98 Å². The minimum atomic E-state index is -4.63. The van der Waals surface area contributed by atoms with Crippen LogP contribution < -0.4 is 9.64 Å². The van der Waals surface area contributed by atoms with Crippen LogP contribution in [-0.4, -0.2) is 23.8 Å². The molecule has 0 atom stereocenters. The predicted octanol–water partition coefficient (Wildman–Crippen LogP) is 5.75. The molecule has 0 aliphatic rings. The van der Waals surface area contributed by atoms with Crippen LogP contribution in [0.3, 0.4) is 0 Å². The molecule has 1 heterocycles. The van der Waals surface area contributed by atoms with Gasteiger partial charge < -0.3 is 4.74 Å². The Labute approximate surface area is 180 Å². The van der Waals surface area contributed by atoms with E-state index in [2.05, 4.69) is 4.98 Å². The van der Waals surface area contributed by atoms with Crippen molar-refractivity contribution in [2.24, 2.45) is 0 Å². The van der Waals surface area contributed by atoms with E-state index in [1.165, 1.54) is 48.5 Å². The largest absolute Gasteiger partial charge is 0.497 e. The number of hydrogen-bond donors (Lipinski definition) is 0. The number of aromatic nitrogens is 1. The fourth-order valence-electron chi connectivity index (χ4n) is 2.81. The zero-order chi connectivity index (χ0) is 22.6. The molecule has 31 heavy (non-hydrogen) atoms. The van der Waals surface area contributed by atoms with Crippen LogP contribution in [0.25, 0.3) is 6.08 Å². The molecule has 2 aromatic carbocycles. The highest BCUT2D eigenvalue weighted by molar-refractivity contribution is 7.14. The van der Waals surface area contributed by atoms with Crippen molar-refractivity contribution in [1.29, 1.82) is 0 Å². The number of alkyl halides is 3. The number of carbonyl (C=O) groups is 2. The average Bonchev–Trinajstić information content (AvgIpc) is 3.20. The van der Waals surface area contributed by atoms with E-state index in [1.54, 1.807) is 29.6 Å². The van der Waals surface area contributed by atoms with Crippen LogP contribution in [0.15, 0.2) is 60.0 Å². The number of thiazole rings is 1. The number of rotatable bonds is 6. The quantitative estimate of drug-likeness (QED) is 0.357. The molecule has 160 valence electrons. The summed E-state index contributed by atoms with van der Waals surface area (Å²) >= 11 is 1.17. The van der Waals surface area contributed by atoms with Crippen LogP contribution in [0.2, 0.25) is 0 Å². The molecule has 0 N–H and O–H groups in total. The van der Waals surface area contributed by atoms with Gasteiger partial charge in [0, 0.05) is 17.9 Å². The summed E-state index contributed by atoms with van der Waals surface area (Å²) in [6.07, 6.45) is -2.27. The molecular weight excluding hydrogens is 429 g/mol. The van der Waals surface area contributed by atoms with Crippen molar-refractivity contribution in [3.8, 4) is 5.75 Å². The molecule has 0 bridgehead atoms. The summed E-state index contributed by atoms with van der Waals surface area (Å²) in [5, 5.41) is 1.97. The third-order valence-corrected chi connectivity index (χ3v) is 5.09. The van der Waals surface area contributed by atoms with Gasteiger partial charge in [-0.15, -0.1) is 11.3 Å². The molecule has 1 amide bonds. The van der Waals surface area contributed by atoms with E-state index in [1.807, 2.05) is 0 Å². The number of anilines is 2. The summed E-state index contributed by atoms with van der Waals surface area (Å²) in [4.78, 5) is 30.2. The number of benzene rings is 2. The summed E-state index contributed by atoms with van der Waals surface area (Å²) in [6, 6.07) is 11.4. The second-order valence-corrected chi connectivity index (χ2v) is 7.18. The molecule has 1 aromatic heterocycles. The normalized spacial score (nSPS) is 11.5. The molecule has 3 rings (SSSR count). The van der Waals surface area contributed by atoms with Gasteiger partial charge in [0.25, 0.3) is 0 Å². The average molecular weight is 446 g/mol. The summed E-state index contributed by atoms with van der Waals surface area (Å²) in [7, 11) is 1.53. The highest BCUT2D eigenvalue weighted by Crippen LogP contribution is 2.33. The van der Waals surface area contributed by atoms with Crippen LogP contribution in [0.4, 0.5) is 24.0 Å².